The Morgan fingerprint density at radius 3 is 2.52 bits per heavy atom. The van der Waals surface area contributed by atoms with Gasteiger partial charge in [-0.1, -0.05) is 61.9 Å². The lowest BCUT2D eigenvalue weighted by molar-refractivity contribution is 0.492. The summed E-state index contributed by atoms with van der Waals surface area (Å²) in [6.07, 6.45) is 11.7. The van der Waals surface area contributed by atoms with Gasteiger partial charge < -0.3 is 4.57 Å². The van der Waals surface area contributed by atoms with Crippen LogP contribution in [0.1, 0.15) is 50.5 Å². The summed E-state index contributed by atoms with van der Waals surface area (Å²) in [4.78, 5) is 4.12. The van der Waals surface area contributed by atoms with Gasteiger partial charge in [0.2, 0.25) is 0 Å². The van der Waals surface area contributed by atoms with Crippen LogP contribution in [0, 0.1) is 0 Å². The second-order valence-electron chi connectivity index (χ2n) is 5.44. The molecule has 2 rings (SSSR count). The Labute approximate surface area is 137 Å². The average Bonchev–Trinajstić information content (AvgIpc) is 2.96. The maximum atomic E-state index is 6.40. The van der Waals surface area contributed by atoms with E-state index in [1.807, 2.05) is 36.9 Å². The van der Waals surface area contributed by atoms with Crippen LogP contribution in [-0.4, -0.2) is 9.55 Å². The molecule has 0 amide bonds. The smallest absolute Gasteiger partial charge is 0.0946 e. The van der Waals surface area contributed by atoms with E-state index in [1.54, 1.807) is 0 Å². The van der Waals surface area contributed by atoms with E-state index in [0.29, 0.717) is 5.92 Å². The van der Waals surface area contributed by atoms with E-state index in [0.717, 1.165) is 28.6 Å². The van der Waals surface area contributed by atoms with Crippen LogP contribution in [0.15, 0.2) is 36.9 Å². The van der Waals surface area contributed by atoms with Crippen molar-refractivity contribution in [1.82, 2.24) is 9.55 Å². The molecule has 0 aliphatic rings. The second kappa shape index (κ2) is 8.45. The Bertz CT molecular complexity index is 517. The van der Waals surface area contributed by atoms with Gasteiger partial charge in [-0.2, -0.15) is 0 Å². The number of benzene rings is 1. The average molecular weight is 325 g/mol. The molecule has 1 aromatic heterocycles. The number of nitrogens with zero attached hydrogens (tertiary/aromatic N) is 2. The van der Waals surface area contributed by atoms with Gasteiger partial charge in [-0.15, -0.1) is 0 Å². The standard InChI is InChI=1S/C17H22Cl2N2/c1-2-3-4-5-7-14(12-21-11-10-20-13-21)17-15(18)8-6-9-16(17)19/h6,8-11,13-14H,2-5,7,12H2,1H3. The predicted octanol–water partition coefficient (Wildman–Crippen LogP) is 5.94. The molecule has 1 aromatic carbocycles. The fourth-order valence-electron chi connectivity index (χ4n) is 2.69. The molecule has 1 atom stereocenters. The molecular formula is C17H22Cl2N2. The highest BCUT2D eigenvalue weighted by Crippen LogP contribution is 2.35. The molecule has 4 heteroatoms. The van der Waals surface area contributed by atoms with Gasteiger partial charge in [-0.25, -0.2) is 4.98 Å². The predicted molar refractivity (Wildman–Crippen MR) is 90.2 cm³/mol. The lowest BCUT2D eigenvalue weighted by Crippen LogP contribution is -2.09. The van der Waals surface area contributed by atoms with E-state index < -0.39 is 0 Å². The summed E-state index contributed by atoms with van der Waals surface area (Å²) < 4.78 is 2.10. The Kier molecular flexibility index (Phi) is 6.59. The molecule has 0 saturated heterocycles. The van der Waals surface area contributed by atoms with Crippen LogP contribution in [0.25, 0.3) is 0 Å². The molecule has 0 aliphatic heterocycles. The molecule has 1 unspecified atom stereocenters. The van der Waals surface area contributed by atoms with E-state index in [4.69, 9.17) is 23.2 Å². The molecule has 0 radical (unpaired) electrons. The topological polar surface area (TPSA) is 17.8 Å². The summed E-state index contributed by atoms with van der Waals surface area (Å²) in [5, 5.41) is 1.53. The van der Waals surface area contributed by atoms with Crippen molar-refractivity contribution in [2.45, 2.75) is 51.5 Å². The number of hydrogen-bond acceptors (Lipinski definition) is 1. The van der Waals surface area contributed by atoms with E-state index in [9.17, 15) is 0 Å². The molecule has 0 N–H and O–H groups in total. The maximum absolute atomic E-state index is 6.40. The lowest BCUT2D eigenvalue weighted by Gasteiger charge is -2.20. The van der Waals surface area contributed by atoms with Crippen molar-refractivity contribution in [1.29, 1.82) is 0 Å². The molecule has 2 aromatic rings. The van der Waals surface area contributed by atoms with Gasteiger partial charge >= 0.3 is 0 Å². The Balaban J connectivity index is 2.14. The van der Waals surface area contributed by atoms with Crippen molar-refractivity contribution in [3.63, 3.8) is 0 Å². The fraction of sp³-hybridized carbons (Fsp3) is 0.471. The summed E-state index contributed by atoms with van der Waals surface area (Å²) in [6, 6.07) is 5.75. The second-order valence-corrected chi connectivity index (χ2v) is 6.26. The minimum atomic E-state index is 0.331. The first kappa shape index (κ1) is 16.4. The van der Waals surface area contributed by atoms with Crippen LogP contribution in [-0.2, 0) is 6.54 Å². The number of unbranched alkanes of at least 4 members (excludes halogenated alkanes) is 3. The molecule has 2 nitrogen and oxygen atoms in total. The Morgan fingerprint density at radius 2 is 1.90 bits per heavy atom. The van der Waals surface area contributed by atoms with Gasteiger partial charge in [-0.3, -0.25) is 0 Å². The third-order valence-electron chi connectivity index (χ3n) is 3.80. The normalized spacial score (nSPS) is 12.5. The van der Waals surface area contributed by atoms with Crippen molar-refractivity contribution in [2.24, 2.45) is 0 Å². The molecule has 1 heterocycles. The van der Waals surface area contributed by atoms with Gasteiger partial charge in [0.1, 0.15) is 0 Å². The minimum Gasteiger partial charge on any atom is -0.337 e. The quantitative estimate of drug-likeness (QED) is 0.549. The number of rotatable bonds is 8. The molecule has 0 bridgehead atoms. The monoisotopic (exact) mass is 324 g/mol. The van der Waals surface area contributed by atoms with E-state index in [2.05, 4.69) is 16.5 Å². The third-order valence-corrected chi connectivity index (χ3v) is 4.46. The highest BCUT2D eigenvalue weighted by atomic mass is 35.5. The van der Waals surface area contributed by atoms with Gasteiger partial charge in [0.25, 0.3) is 0 Å². The number of imidazole rings is 1. The highest BCUT2D eigenvalue weighted by molar-refractivity contribution is 6.36. The first-order valence-corrected chi connectivity index (χ1v) is 8.37. The Morgan fingerprint density at radius 1 is 1.14 bits per heavy atom. The highest BCUT2D eigenvalue weighted by Gasteiger charge is 2.18. The van der Waals surface area contributed by atoms with Gasteiger partial charge in [-0.05, 0) is 24.1 Å². The van der Waals surface area contributed by atoms with E-state index in [1.165, 1.54) is 25.7 Å². The lowest BCUT2D eigenvalue weighted by atomic mass is 9.92. The summed E-state index contributed by atoms with van der Waals surface area (Å²) >= 11 is 12.8. The minimum absolute atomic E-state index is 0.331. The summed E-state index contributed by atoms with van der Waals surface area (Å²) in [6.45, 7) is 3.10. The molecule has 114 valence electrons. The van der Waals surface area contributed by atoms with Crippen LogP contribution in [0.5, 0.6) is 0 Å². The summed E-state index contributed by atoms with van der Waals surface area (Å²) in [5.74, 6) is 0.331. The molecule has 0 saturated carbocycles. The van der Waals surface area contributed by atoms with Crippen LogP contribution in [0.3, 0.4) is 0 Å². The zero-order valence-corrected chi connectivity index (χ0v) is 13.9. The first-order valence-electron chi connectivity index (χ1n) is 7.62. The van der Waals surface area contributed by atoms with Gasteiger partial charge in [0.15, 0.2) is 0 Å². The van der Waals surface area contributed by atoms with Crippen LogP contribution in [0.2, 0.25) is 10.0 Å². The number of aromatic nitrogens is 2. The molecule has 21 heavy (non-hydrogen) atoms. The molecule has 0 aliphatic carbocycles. The van der Waals surface area contributed by atoms with E-state index in [-0.39, 0.29) is 0 Å². The zero-order valence-electron chi connectivity index (χ0n) is 12.4. The van der Waals surface area contributed by atoms with Crippen LogP contribution < -0.4 is 0 Å². The van der Waals surface area contributed by atoms with Crippen molar-refractivity contribution in [2.75, 3.05) is 0 Å². The zero-order chi connectivity index (χ0) is 15.1. The molecular weight excluding hydrogens is 303 g/mol. The van der Waals surface area contributed by atoms with Crippen molar-refractivity contribution in [3.8, 4) is 0 Å². The van der Waals surface area contributed by atoms with Gasteiger partial charge in [0, 0.05) is 34.9 Å². The van der Waals surface area contributed by atoms with Crippen LogP contribution >= 0.6 is 23.2 Å². The summed E-state index contributed by atoms with van der Waals surface area (Å²) in [5.41, 5.74) is 1.08. The van der Waals surface area contributed by atoms with Gasteiger partial charge in [0.05, 0.1) is 6.33 Å². The van der Waals surface area contributed by atoms with Crippen molar-refractivity contribution >= 4 is 23.2 Å². The number of halogens is 2. The SMILES string of the molecule is CCCCCCC(Cn1ccnc1)c1c(Cl)cccc1Cl. The maximum Gasteiger partial charge on any atom is 0.0946 e. The number of hydrogen-bond donors (Lipinski definition) is 0. The molecule has 0 fully saturated rings. The van der Waals surface area contributed by atoms with Crippen LogP contribution in [0.4, 0.5) is 0 Å². The molecule has 0 spiro atoms. The fourth-order valence-corrected chi connectivity index (χ4v) is 3.40. The third kappa shape index (κ3) is 4.76. The first-order chi connectivity index (χ1) is 10.2. The van der Waals surface area contributed by atoms with Crippen molar-refractivity contribution < 1.29 is 0 Å². The largest absolute Gasteiger partial charge is 0.337 e. The van der Waals surface area contributed by atoms with Crippen molar-refractivity contribution in [3.05, 3.63) is 52.5 Å². The van der Waals surface area contributed by atoms with E-state index >= 15 is 0 Å². The Hall–Kier alpha value is -0.990. The summed E-state index contributed by atoms with van der Waals surface area (Å²) in [7, 11) is 0.